The third-order valence-electron chi connectivity index (χ3n) is 5.22. The SMILES string of the molecule is CCCCOc1ccc(-c2nc(SCCC)c3c4c(sc3n2)COC(C)(C)C4)cc1. The second kappa shape index (κ2) is 9.25. The highest BCUT2D eigenvalue weighted by molar-refractivity contribution is 7.99. The van der Waals surface area contributed by atoms with Crippen LogP contribution in [0, 0.1) is 0 Å². The molecule has 0 amide bonds. The number of thioether (sulfide) groups is 1. The molecular weight excluding hydrogens is 412 g/mol. The fourth-order valence-electron chi connectivity index (χ4n) is 3.58. The van der Waals surface area contributed by atoms with Crippen molar-refractivity contribution in [1.82, 2.24) is 9.97 Å². The molecule has 3 heterocycles. The van der Waals surface area contributed by atoms with Crippen molar-refractivity contribution in [2.75, 3.05) is 12.4 Å². The minimum atomic E-state index is -0.139. The van der Waals surface area contributed by atoms with Crippen molar-refractivity contribution in [2.24, 2.45) is 0 Å². The van der Waals surface area contributed by atoms with E-state index in [1.54, 1.807) is 11.3 Å². The summed E-state index contributed by atoms with van der Waals surface area (Å²) in [7, 11) is 0. The van der Waals surface area contributed by atoms with Gasteiger partial charge in [-0.3, -0.25) is 0 Å². The van der Waals surface area contributed by atoms with Gasteiger partial charge in [0.05, 0.1) is 18.8 Å². The lowest BCUT2D eigenvalue weighted by atomic mass is 9.94. The molecule has 3 aromatic rings. The minimum absolute atomic E-state index is 0.139. The molecule has 0 bridgehead atoms. The Morgan fingerprint density at radius 1 is 1.13 bits per heavy atom. The van der Waals surface area contributed by atoms with Crippen molar-refractivity contribution in [3.63, 3.8) is 0 Å². The molecule has 0 fully saturated rings. The van der Waals surface area contributed by atoms with E-state index in [1.807, 2.05) is 23.9 Å². The highest BCUT2D eigenvalue weighted by atomic mass is 32.2. The van der Waals surface area contributed by atoms with Crippen molar-refractivity contribution in [1.29, 1.82) is 0 Å². The maximum atomic E-state index is 6.05. The lowest BCUT2D eigenvalue weighted by Crippen LogP contribution is -2.31. The van der Waals surface area contributed by atoms with Crippen molar-refractivity contribution in [2.45, 2.75) is 70.6 Å². The number of ether oxygens (including phenoxy) is 2. The Balaban J connectivity index is 1.71. The van der Waals surface area contributed by atoms with Gasteiger partial charge in [0, 0.05) is 22.2 Å². The first-order valence-electron chi connectivity index (χ1n) is 10.8. The highest BCUT2D eigenvalue weighted by Gasteiger charge is 2.31. The van der Waals surface area contributed by atoms with Crippen LogP contribution in [0.4, 0.5) is 0 Å². The van der Waals surface area contributed by atoms with E-state index in [0.717, 1.165) is 65.0 Å². The van der Waals surface area contributed by atoms with Gasteiger partial charge >= 0.3 is 0 Å². The molecule has 1 aliphatic rings. The topological polar surface area (TPSA) is 44.2 Å². The first kappa shape index (κ1) is 21.6. The number of thiophene rings is 1. The predicted octanol–water partition coefficient (Wildman–Crippen LogP) is 6.89. The summed E-state index contributed by atoms with van der Waals surface area (Å²) in [6, 6.07) is 8.17. The number of unbranched alkanes of at least 4 members (excludes halogenated alkanes) is 1. The number of hydrogen-bond acceptors (Lipinski definition) is 6. The Morgan fingerprint density at radius 2 is 1.93 bits per heavy atom. The number of hydrogen-bond donors (Lipinski definition) is 0. The largest absolute Gasteiger partial charge is 0.494 e. The molecule has 160 valence electrons. The molecule has 4 nitrogen and oxygen atoms in total. The van der Waals surface area contributed by atoms with Crippen LogP contribution in [-0.4, -0.2) is 27.9 Å². The van der Waals surface area contributed by atoms with E-state index in [0.29, 0.717) is 6.61 Å². The maximum Gasteiger partial charge on any atom is 0.162 e. The normalized spacial score (nSPS) is 15.3. The molecule has 0 unspecified atom stereocenters. The monoisotopic (exact) mass is 442 g/mol. The zero-order chi connectivity index (χ0) is 21.1. The quantitative estimate of drug-likeness (QED) is 0.216. The minimum Gasteiger partial charge on any atom is -0.494 e. The van der Waals surface area contributed by atoms with Crippen LogP contribution in [0.5, 0.6) is 5.75 Å². The molecular formula is C24H30N2O2S2. The number of aromatic nitrogens is 2. The van der Waals surface area contributed by atoms with Crippen LogP contribution in [0.1, 0.15) is 57.4 Å². The molecule has 0 spiro atoms. The van der Waals surface area contributed by atoms with Crippen LogP contribution in [0.3, 0.4) is 0 Å². The van der Waals surface area contributed by atoms with Crippen LogP contribution >= 0.6 is 23.1 Å². The Labute approximate surface area is 187 Å². The molecule has 0 saturated heterocycles. The van der Waals surface area contributed by atoms with Crippen molar-refractivity contribution in [3.05, 3.63) is 34.7 Å². The highest BCUT2D eigenvalue weighted by Crippen LogP contribution is 2.42. The lowest BCUT2D eigenvalue weighted by Gasteiger charge is -2.30. The summed E-state index contributed by atoms with van der Waals surface area (Å²) in [4.78, 5) is 12.4. The van der Waals surface area contributed by atoms with Gasteiger partial charge in [0.2, 0.25) is 0 Å². The predicted molar refractivity (Wildman–Crippen MR) is 127 cm³/mol. The molecule has 0 atom stereocenters. The Bertz CT molecular complexity index is 1010. The summed E-state index contributed by atoms with van der Waals surface area (Å²) in [5.41, 5.74) is 2.28. The maximum absolute atomic E-state index is 6.05. The molecule has 0 N–H and O–H groups in total. The standard InChI is InChI=1S/C24H30N2O2S2/c1-5-7-12-27-17-10-8-16(9-11-17)21-25-22(29-13-6-2)20-18-14-24(3,4)28-15-19(18)30-23(20)26-21/h8-11H,5-7,12-15H2,1-4H3. The van der Waals surface area contributed by atoms with Gasteiger partial charge in [-0.1, -0.05) is 20.3 Å². The zero-order valence-corrected chi connectivity index (χ0v) is 19.9. The molecule has 0 saturated carbocycles. The second-order valence-corrected chi connectivity index (χ2v) is 10.5. The van der Waals surface area contributed by atoms with Crippen LogP contribution in [0.2, 0.25) is 0 Å². The number of fused-ring (bicyclic) bond motifs is 3. The molecule has 30 heavy (non-hydrogen) atoms. The number of rotatable bonds is 8. The lowest BCUT2D eigenvalue weighted by molar-refractivity contribution is -0.0379. The van der Waals surface area contributed by atoms with Crippen LogP contribution in [0.25, 0.3) is 21.6 Å². The second-order valence-electron chi connectivity index (χ2n) is 8.34. The third kappa shape index (κ3) is 4.66. The summed E-state index contributed by atoms with van der Waals surface area (Å²) in [6.07, 6.45) is 4.24. The summed E-state index contributed by atoms with van der Waals surface area (Å²) in [5, 5.41) is 2.35. The molecule has 0 radical (unpaired) electrons. The van der Waals surface area contributed by atoms with Gasteiger partial charge in [-0.15, -0.1) is 23.1 Å². The van der Waals surface area contributed by atoms with E-state index in [4.69, 9.17) is 19.4 Å². The van der Waals surface area contributed by atoms with Crippen LogP contribution < -0.4 is 4.74 Å². The van der Waals surface area contributed by atoms with E-state index in [9.17, 15) is 0 Å². The molecule has 0 aliphatic carbocycles. The summed E-state index contributed by atoms with van der Waals surface area (Å²) < 4.78 is 11.9. The van der Waals surface area contributed by atoms with Crippen LogP contribution in [-0.2, 0) is 17.8 Å². The van der Waals surface area contributed by atoms with Gasteiger partial charge in [-0.2, -0.15) is 0 Å². The van der Waals surface area contributed by atoms with Gasteiger partial charge in [-0.05, 0) is 62.3 Å². The fraction of sp³-hybridized carbons (Fsp3) is 0.500. The Hall–Kier alpha value is -1.63. The van der Waals surface area contributed by atoms with Gasteiger partial charge in [0.25, 0.3) is 0 Å². The van der Waals surface area contributed by atoms with Crippen LogP contribution in [0.15, 0.2) is 29.3 Å². The summed E-state index contributed by atoms with van der Waals surface area (Å²) >= 11 is 3.60. The van der Waals surface area contributed by atoms with Gasteiger partial charge in [0.1, 0.15) is 15.6 Å². The van der Waals surface area contributed by atoms with Crippen molar-refractivity contribution in [3.8, 4) is 17.1 Å². The molecule has 6 heteroatoms. The van der Waals surface area contributed by atoms with Gasteiger partial charge in [0.15, 0.2) is 5.82 Å². The third-order valence-corrected chi connectivity index (χ3v) is 7.50. The number of nitrogens with zero attached hydrogens (tertiary/aromatic N) is 2. The van der Waals surface area contributed by atoms with E-state index in [1.165, 1.54) is 15.8 Å². The zero-order valence-electron chi connectivity index (χ0n) is 18.3. The molecule has 1 aliphatic heterocycles. The van der Waals surface area contributed by atoms with Crippen molar-refractivity contribution < 1.29 is 9.47 Å². The van der Waals surface area contributed by atoms with E-state index in [2.05, 4.69) is 39.8 Å². The Morgan fingerprint density at radius 3 is 2.67 bits per heavy atom. The van der Waals surface area contributed by atoms with E-state index in [-0.39, 0.29) is 5.60 Å². The van der Waals surface area contributed by atoms with Gasteiger partial charge in [-0.25, -0.2) is 9.97 Å². The number of benzene rings is 1. The summed E-state index contributed by atoms with van der Waals surface area (Å²) in [6.45, 7) is 10.1. The van der Waals surface area contributed by atoms with Crippen molar-refractivity contribution >= 4 is 33.3 Å². The first-order valence-corrected chi connectivity index (χ1v) is 12.6. The average molecular weight is 443 g/mol. The molecule has 4 rings (SSSR count). The molecule has 2 aromatic heterocycles. The smallest absolute Gasteiger partial charge is 0.162 e. The summed E-state index contributed by atoms with van der Waals surface area (Å²) in [5.74, 6) is 2.75. The first-order chi connectivity index (χ1) is 14.5. The van der Waals surface area contributed by atoms with Gasteiger partial charge < -0.3 is 9.47 Å². The van der Waals surface area contributed by atoms with E-state index >= 15 is 0 Å². The Kier molecular flexibility index (Phi) is 6.66. The average Bonchev–Trinajstić information content (AvgIpc) is 3.09. The van der Waals surface area contributed by atoms with E-state index < -0.39 is 0 Å². The molecule has 1 aromatic carbocycles. The fourth-order valence-corrected chi connectivity index (χ4v) is 5.66.